The number of hydrogen-bond acceptors (Lipinski definition) is 6. The first kappa shape index (κ1) is 24.9. The number of piperidine rings is 2. The number of benzene rings is 2. The monoisotopic (exact) mass is 548 g/mol. The normalized spacial score (nSPS) is 18.0. The third-order valence-corrected chi connectivity index (χ3v) is 7.58. The van der Waals surface area contributed by atoms with Gasteiger partial charge in [0.15, 0.2) is 0 Å². The van der Waals surface area contributed by atoms with Crippen molar-refractivity contribution in [3.8, 4) is 0 Å². The Hall–Kier alpha value is -2.81. The van der Waals surface area contributed by atoms with Gasteiger partial charge in [0, 0.05) is 39.9 Å². The lowest BCUT2D eigenvalue weighted by molar-refractivity contribution is -0.111. The van der Waals surface area contributed by atoms with Crippen LogP contribution in [0.15, 0.2) is 65.4 Å². The van der Waals surface area contributed by atoms with E-state index in [1.54, 1.807) is 12.4 Å². The highest BCUT2D eigenvalue weighted by atomic mass is 79.9. The molecule has 0 atom stereocenters. The molecule has 2 aliphatic heterocycles. The smallest absolute Gasteiger partial charge is 0.248 e. The van der Waals surface area contributed by atoms with Crippen LogP contribution in [0.5, 0.6) is 0 Å². The van der Waals surface area contributed by atoms with Crippen LogP contribution >= 0.6 is 15.9 Å². The number of halogens is 1. The highest BCUT2D eigenvalue weighted by Crippen LogP contribution is 2.27. The number of carbonyl (C=O) groups is 1. The molecule has 2 saturated heterocycles. The summed E-state index contributed by atoms with van der Waals surface area (Å²) in [6.45, 7) is 5.56. The van der Waals surface area contributed by atoms with Gasteiger partial charge in [-0.05, 0) is 88.3 Å². The molecule has 1 aromatic heterocycles. The number of anilines is 3. The Labute approximate surface area is 221 Å². The first-order valence-corrected chi connectivity index (χ1v) is 13.6. The molecule has 3 aromatic rings. The van der Waals surface area contributed by atoms with Crippen LogP contribution in [-0.4, -0.2) is 64.4 Å². The van der Waals surface area contributed by atoms with Crippen molar-refractivity contribution in [1.29, 1.82) is 0 Å². The number of amides is 1. The molecule has 5 rings (SSSR count). The summed E-state index contributed by atoms with van der Waals surface area (Å²) in [5.74, 6) is 0.564. The Kier molecular flexibility index (Phi) is 8.25. The largest absolute Gasteiger partial charge is 0.340 e. The fourth-order valence-electron chi connectivity index (χ4n) is 5.18. The molecular weight excluding hydrogens is 516 g/mol. The molecule has 0 spiro atoms. The summed E-state index contributed by atoms with van der Waals surface area (Å²) in [6, 6.07) is 14.3. The Bertz CT molecular complexity index is 1220. The van der Waals surface area contributed by atoms with E-state index in [4.69, 9.17) is 0 Å². The second kappa shape index (κ2) is 12.0. The van der Waals surface area contributed by atoms with Crippen LogP contribution in [-0.2, 0) is 4.79 Å². The number of hydrogen-bond donors (Lipinski definition) is 2. The number of fused-ring (bicyclic) bond motifs is 1. The summed E-state index contributed by atoms with van der Waals surface area (Å²) in [5, 5.41) is 7.17. The lowest BCUT2D eigenvalue weighted by Crippen LogP contribution is -2.46. The maximum Gasteiger partial charge on any atom is 0.248 e. The standard InChI is InChI=1S/C28H33BrN6O/c29-21-6-4-7-22(18-21)33-28-25-19-23(9-10-26(25)30-20-31-28)32-27(36)8-5-13-34-16-11-24(12-17-34)35-14-2-1-3-15-35/h4-10,18-20,24H,1-3,11-17H2,(H,32,36)(H,30,31,33)/b8-5+. The van der Waals surface area contributed by atoms with Crippen LogP contribution in [0, 0.1) is 0 Å². The molecule has 3 heterocycles. The number of nitrogens with one attached hydrogen (secondary N) is 2. The van der Waals surface area contributed by atoms with Gasteiger partial charge in [-0.25, -0.2) is 9.97 Å². The fourth-order valence-corrected chi connectivity index (χ4v) is 5.58. The molecule has 0 aliphatic carbocycles. The molecule has 188 valence electrons. The zero-order valence-electron chi connectivity index (χ0n) is 20.5. The maximum absolute atomic E-state index is 12.6. The van der Waals surface area contributed by atoms with Crippen LogP contribution in [0.3, 0.4) is 0 Å². The van der Waals surface area contributed by atoms with Crippen LogP contribution in [0.4, 0.5) is 17.2 Å². The highest BCUT2D eigenvalue weighted by molar-refractivity contribution is 9.10. The summed E-state index contributed by atoms with van der Waals surface area (Å²) >= 11 is 3.50. The number of aromatic nitrogens is 2. The van der Waals surface area contributed by atoms with E-state index in [9.17, 15) is 4.79 Å². The molecule has 2 N–H and O–H groups in total. The quantitative estimate of drug-likeness (QED) is 0.375. The Morgan fingerprint density at radius 3 is 2.64 bits per heavy atom. The average molecular weight is 550 g/mol. The van der Waals surface area contributed by atoms with Gasteiger partial charge >= 0.3 is 0 Å². The van der Waals surface area contributed by atoms with Gasteiger partial charge in [0.2, 0.25) is 5.91 Å². The number of nitrogens with zero attached hydrogens (tertiary/aromatic N) is 4. The molecule has 2 fully saturated rings. The highest BCUT2D eigenvalue weighted by Gasteiger charge is 2.24. The molecule has 0 radical (unpaired) electrons. The van der Waals surface area contributed by atoms with Gasteiger partial charge in [-0.2, -0.15) is 0 Å². The number of rotatable bonds is 7. The zero-order chi connectivity index (χ0) is 24.7. The molecule has 8 heteroatoms. The van der Waals surface area contributed by atoms with E-state index in [-0.39, 0.29) is 5.91 Å². The first-order chi connectivity index (χ1) is 17.6. The van der Waals surface area contributed by atoms with Crippen molar-refractivity contribution >= 4 is 49.9 Å². The van der Waals surface area contributed by atoms with Crippen molar-refractivity contribution in [1.82, 2.24) is 19.8 Å². The summed E-state index contributed by atoms with van der Waals surface area (Å²) in [4.78, 5) is 26.5. The van der Waals surface area contributed by atoms with Gasteiger partial charge < -0.3 is 15.5 Å². The minimum absolute atomic E-state index is 0.129. The summed E-state index contributed by atoms with van der Waals surface area (Å²) in [5.41, 5.74) is 2.44. The molecule has 0 unspecified atom stereocenters. The van der Waals surface area contributed by atoms with Gasteiger partial charge in [0.25, 0.3) is 0 Å². The first-order valence-electron chi connectivity index (χ1n) is 12.9. The van der Waals surface area contributed by atoms with Gasteiger partial charge in [0.05, 0.1) is 5.52 Å². The van der Waals surface area contributed by atoms with E-state index in [0.717, 1.165) is 46.7 Å². The summed E-state index contributed by atoms with van der Waals surface area (Å²) in [7, 11) is 0. The maximum atomic E-state index is 12.6. The average Bonchev–Trinajstić information content (AvgIpc) is 2.90. The van der Waals surface area contributed by atoms with Gasteiger partial charge in [0.1, 0.15) is 12.1 Å². The van der Waals surface area contributed by atoms with Gasteiger partial charge in [-0.1, -0.05) is 34.5 Å². The molecule has 2 aliphatic rings. The predicted molar refractivity (Wildman–Crippen MR) is 150 cm³/mol. The molecule has 36 heavy (non-hydrogen) atoms. The SMILES string of the molecule is O=C(/C=C/CN1CCC(N2CCCCC2)CC1)Nc1ccc2ncnc(Nc3cccc(Br)c3)c2c1. The lowest BCUT2D eigenvalue weighted by atomic mass is 10.00. The van der Waals surface area contributed by atoms with E-state index < -0.39 is 0 Å². The van der Waals surface area contributed by atoms with Crippen LogP contribution < -0.4 is 10.6 Å². The zero-order valence-corrected chi connectivity index (χ0v) is 22.1. The minimum Gasteiger partial charge on any atom is -0.340 e. The van der Waals surface area contributed by atoms with Crippen molar-refractivity contribution in [3.63, 3.8) is 0 Å². The van der Waals surface area contributed by atoms with E-state index in [2.05, 4.69) is 46.3 Å². The van der Waals surface area contributed by atoms with Crippen LogP contribution in [0.2, 0.25) is 0 Å². The fraction of sp³-hybridized carbons (Fsp3) is 0.393. The molecule has 0 bridgehead atoms. The summed E-state index contributed by atoms with van der Waals surface area (Å²) in [6.07, 6.45) is 11.7. The summed E-state index contributed by atoms with van der Waals surface area (Å²) < 4.78 is 0.983. The molecule has 2 aromatic carbocycles. The minimum atomic E-state index is -0.129. The third kappa shape index (κ3) is 6.49. The topological polar surface area (TPSA) is 73.4 Å². The lowest BCUT2D eigenvalue weighted by Gasteiger charge is -2.40. The Morgan fingerprint density at radius 1 is 1.00 bits per heavy atom. The van der Waals surface area contributed by atoms with Crippen molar-refractivity contribution in [3.05, 3.63) is 65.4 Å². The molecule has 1 amide bonds. The molecule has 7 nitrogen and oxygen atoms in total. The van der Waals surface area contributed by atoms with Crippen molar-refractivity contribution in [2.24, 2.45) is 0 Å². The molecule has 0 saturated carbocycles. The van der Waals surface area contributed by atoms with Crippen molar-refractivity contribution in [2.45, 2.75) is 38.1 Å². The Morgan fingerprint density at radius 2 is 1.83 bits per heavy atom. The van der Waals surface area contributed by atoms with Crippen molar-refractivity contribution < 1.29 is 4.79 Å². The second-order valence-corrected chi connectivity index (χ2v) is 10.5. The third-order valence-electron chi connectivity index (χ3n) is 7.09. The van der Waals surface area contributed by atoms with E-state index >= 15 is 0 Å². The van der Waals surface area contributed by atoms with Crippen molar-refractivity contribution in [2.75, 3.05) is 43.4 Å². The predicted octanol–water partition coefficient (Wildman–Crippen LogP) is 5.58. The van der Waals surface area contributed by atoms with Crippen LogP contribution in [0.1, 0.15) is 32.1 Å². The number of carbonyl (C=O) groups excluding carboxylic acids is 1. The number of likely N-dealkylation sites (tertiary alicyclic amines) is 2. The van der Waals surface area contributed by atoms with E-state index in [1.807, 2.05) is 48.5 Å². The van der Waals surface area contributed by atoms with Gasteiger partial charge in [-0.15, -0.1) is 0 Å². The van der Waals surface area contributed by atoms with E-state index in [0.29, 0.717) is 11.5 Å². The van der Waals surface area contributed by atoms with Crippen LogP contribution in [0.25, 0.3) is 10.9 Å². The Balaban J connectivity index is 1.15. The molecular formula is C28H33BrN6O. The van der Waals surface area contributed by atoms with Gasteiger partial charge in [-0.3, -0.25) is 9.69 Å². The van der Waals surface area contributed by atoms with E-state index in [1.165, 1.54) is 45.2 Å². The second-order valence-electron chi connectivity index (χ2n) is 9.61.